The Bertz CT molecular complexity index is 613. The first kappa shape index (κ1) is 18.9. The van der Waals surface area contributed by atoms with Gasteiger partial charge >= 0.3 is 0 Å². The minimum Gasteiger partial charge on any atom is -0.383 e. The third-order valence-corrected chi connectivity index (χ3v) is 5.49. The molecule has 1 atom stereocenters. The van der Waals surface area contributed by atoms with Crippen LogP contribution in [0.3, 0.4) is 0 Å². The number of carbonyl (C=O) groups excluding carboxylic acids is 2. The average Bonchev–Trinajstić information content (AvgIpc) is 3.18. The highest BCUT2D eigenvalue weighted by molar-refractivity contribution is 5.88. The Morgan fingerprint density at radius 3 is 2.73 bits per heavy atom. The number of rotatable bonds is 7. The van der Waals surface area contributed by atoms with Crippen molar-refractivity contribution >= 4 is 11.8 Å². The van der Waals surface area contributed by atoms with E-state index in [0.717, 1.165) is 31.2 Å². The molecule has 2 fully saturated rings. The molecule has 0 aromatic heterocycles. The van der Waals surface area contributed by atoms with E-state index in [1.54, 1.807) is 12.0 Å². The van der Waals surface area contributed by atoms with Crippen molar-refractivity contribution in [1.82, 2.24) is 10.2 Å². The molecule has 2 amide bonds. The predicted octanol–water partition coefficient (Wildman–Crippen LogP) is 1.49. The second-order valence-corrected chi connectivity index (χ2v) is 7.13. The van der Waals surface area contributed by atoms with E-state index in [4.69, 9.17) is 9.47 Å². The summed E-state index contributed by atoms with van der Waals surface area (Å²) in [6.07, 6.45) is 3.73. The van der Waals surface area contributed by atoms with Gasteiger partial charge in [0.05, 0.1) is 18.1 Å². The number of hydrogen-bond acceptors (Lipinski definition) is 4. The van der Waals surface area contributed by atoms with E-state index in [-0.39, 0.29) is 24.5 Å². The number of benzene rings is 1. The van der Waals surface area contributed by atoms with Crippen LogP contribution in [0.15, 0.2) is 30.3 Å². The summed E-state index contributed by atoms with van der Waals surface area (Å²) in [6.45, 7) is 2.03. The van der Waals surface area contributed by atoms with Crippen LogP contribution in [0.25, 0.3) is 0 Å². The van der Waals surface area contributed by atoms with Crippen molar-refractivity contribution in [2.24, 2.45) is 0 Å². The lowest BCUT2D eigenvalue weighted by atomic mass is 9.78. The minimum absolute atomic E-state index is 0.0267. The molecule has 6 nitrogen and oxygen atoms in total. The van der Waals surface area contributed by atoms with E-state index in [2.05, 4.69) is 5.32 Å². The molecule has 1 N–H and O–H groups in total. The quantitative estimate of drug-likeness (QED) is 0.800. The lowest BCUT2D eigenvalue weighted by molar-refractivity contribution is -0.149. The van der Waals surface area contributed by atoms with Gasteiger partial charge in [-0.25, -0.2) is 0 Å². The smallest absolute Gasteiger partial charge is 0.248 e. The van der Waals surface area contributed by atoms with Gasteiger partial charge in [-0.1, -0.05) is 43.2 Å². The van der Waals surface area contributed by atoms with E-state index in [1.807, 2.05) is 30.3 Å². The standard InChI is InChI=1S/C20H28N2O4/c1-25-12-11-22-14-17(26-15-18(22)23)13-21-19(24)20(9-5-6-10-20)16-7-3-2-4-8-16/h2-4,7-8,17H,5-6,9-15H2,1H3,(H,21,24). The molecule has 1 saturated carbocycles. The molecule has 1 unspecified atom stereocenters. The summed E-state index contributed by atoms with van der Waals surface area (Å²) in [7, 11) is 1.62. The number of nitrogens with one attached hydrogen (secondary N) is 1. The van der Waals surface area contributed by atoms with Gasteiger partial charge in [0.1, 0.15) is 6.61 Å². The molecule has 6 heteroatoms. The molecule has 2 aliphatic rings. The Hall–Kier alpha value is -1.92. The topological polar surface area (TPSA) is 67.9 Å². The zero-order valence-corrected chi connectivity index (χ0v) is 15.4. The summed E-state index contributed by atoms with van der Waals surface area (Å²) >= 11 is 0. The minimum atomic E-state index is -0.429. The molecule has 142 valence electrons. The molecular formula is C20H28N2O4. The third kappa shape index (κ3) is 4.07. The molecular weight excluding hydrogens is 332 g/mol. The van der Waals surface area contributed by atoms with Crippen LogP contribution in [0.1, 0.15) is 31.2 Å². The van der Waals surface area contributed by atoms with E-state index in [1.165, 1.54) is 0 Å². The molecule has 1 aromatic carbocycles. The highest BCUT2D eigenvalue weighted by Gasteiger charge is 2.42. The Morgan fingerprint density at radius 2 is 2.04 bits per heavy atom. The summed E-state index contributed by atoms with van der Waals surface area (Å²) in [4.78, 5) is 26.7. The zero-order chi connectivity index (χ0) is 18.4. The van der Waals surface area contributed by atoms with Gasteiger partial charge in [-0.15, -0.1) is 0 Å². The SMILES string of the molecule is COCCN1CC(CNC(=O)C2(c3ccccc3)CCCC2)OCC1=O. The Balaban J connectivity index is 1.60. The van der Waals surface area contributed by atoms with Crippen LogP contribution in [-0.4, -0.2) is 62.8 Å². The Morgan fingerprint density at radius 1 is 1.31 bits per heavy atom. The van der Waals surface area contributed by atoms with E-state index >= 15 is 0 Å². The first-order valence-corrected chi connectivity index (χ1v) is 9.38. The van der Waals surface area contributed by atoms with Gasteiger partial charge in [0.15, 0.2) is 0 Å². The molecule has 0 radical (unpaired) electrons. The highest BCUT2D eigenvalue weighted by Crippen LogP contribution is 2.41. The predicted molar refractivity (Wildman–Crippen MR) is 97.8 cm³/mol. The number of amides is 2. The fourth-order valence-corrected chi connectivity index (χ4v) is 3.98. The van der Waals surface area contributed by atoms with Crippen molar-refractivity contribution in [2.75, 3.05) is 40.0 Å². The van der Waals surface area contributed by atoms with Crippen molar-refractivity contribution in [1.29, 1.82) is 0 Å². The maximum absolute atomic E-state index is 13.1. The molecule has 0 bridgehead atoms. The van der Waals surface area contributed by atoms with Crippen LogP contribution < -0.4 is 5.32 Å². The van der Waals surface area contributed by atoms with Gasteiger partial charge in [0, 0.05) is 26.7 Å². The van der Waals surface area contributed by atoms with Crippen molar-refractivity contribution in [3.05, 3.63) is 35.9 Å². The Kier molecular flexibility index (Phi) is 6.27. The van der Waals surface area contributed by atoms with E-state index in [9.17, 15) is 9.59 Å². The number of hydrogen-bond donors (Lipinski definition) is 1. The molecule has 0 spiro atoms. The normalized spacial score (nSPS) is 22.4. The second-order valence-electron chi connectivity index (χ2n) is 7.13. The van der Waals surface area contributed by atoms with Gasteiger partial charge in [0.2, 0.25) is 11.8 Å². The number of methoxy groups -OCH3 is 1. The number of ether oxygens (including phenoxy) is 2. The lowest BCUT2D eigenvalue weighted by Crippen LogP contribution is -2.53. The summed E-state index contributed by atoms with van der Waals surface area (Å²) in [5.41, 5.74) is 0.665. The molecule has 1 aliphatic carbocycles. The fraction of sp³-hybridized carbons (Fsp3) is 0.600. The van der Waals surface area contributed by atoms with Crippen molar-refractivity contribution < 1.29 is 19.1 Å². The zero-order valence-electron chi connectivity index (χ0n) is 15.4. The lowest BCUT2D eigenvalue weighted by Gasteiger charge is -2.34. The average molecular weight is 360 g/mol. The second kappa shape index (κ2) is 8.64. The molecule has 3 rings (SSSR count). The first-order chi connectivity index (χ1) is 12.7. The van der Waals surface area contributed by atoms with Crippen LogP contribution in [0.4, 0.5) is 0 Å². The van der Waals surface area contributed by atoms with Gasteiger partial charge in [-0.2, -0.15) is 0 Å². The maximum Gasteiger partial charge on any atom is 0.248 e. The van der Waals surface area contributed by atoms with Crippen LogP contribution in [-0.2, 0) is 24.5 Å². The fourth-order valence-electron chi connectivity index (χ4n) is 3.98. The van der Waals surface area contributed by atoms with Crippen LogP contribution in [0.2, 0.25) is 0 Å². The number of morpholine rings is 1. The number of carbonyl (C=O) groups is 2. The Labute approximate surface area is 154 Å². The molecule has 1 aliphatic heterocycles. The van der Waals surface area contributed by atoms with Crippen LogP contribution in [0.5, 0.6) is 0 Å². The van der Waals surface area contributed by atoms with Gasteiger partial charge < -0.3 is 19.7 Å². The summed E-state index contributed by atoms with van der Waals surface area (Å²) < 4.78 is 10.7. The van der Waals surface area contributed by atoms with Crippen molar-refractivity contribution in [2.45, 2.75) is 37.2 Å². The van der Waals surface area contributed by atoms with E-state index in [0.29, 0.717) is 26.2 Å². The van der Waals surface area contributed by atoms with Gasteiger partial charge in [-0.05, 0) is 18.4 Å². The van der Waals surface area contributed by atoms with Gasteiger partial charge in [0.25, 0.3) is 0 Å². The highest BCUT2D eigenvalue weighted by atomic mass is 16.5. The summed E-state index contributed by atoms with van der Waals surface area (Å²) in [5, 5.41) is 3.09. The van der Waals surface area contributed by atoms with Crippen molar-refractivity contribution in [3.63, 3.8) is 0 Å². The first-order valence-electron chi connectivity index (χ1n) is 9.38. The van der Waals surface area contributed by atoms with Crippen LogP contribution in [0, 0.1) is 0 Å². The molecule has 1 heterocycles. The largest absolute Gasteiger partial charge is 0.383 e. The molecule has 1 saturated heterocycles. The molecule has 26 heavy (non-hydrogen) atoms. The maximum atomic E-state index is 13.1. The molecule has 1 aromatic rings. The summed E-state index contributed by atoms with van der Waals surface area (Å²) in [5.74, 6) is 0.0475. The van der Waals surface area contributed by atoms with Crippen LogP contribution >= 0.6 is 0 Å². The summed E-state index contributed by atoms with van der Waals surface area (Å²) in [6, 6.07) is 10.1. The monoisotopic (exact) mass is 360 g/mol. The van der Waals surface area contributed by atoms with Gasteiger partial charge in [-0.3, -0.25) is 9.59 Å². The van der Waals surface area contributed by atoms with Crippen molar-refractivity contribution in [3.8, 4) is 0 Å². The number of nitrogens with zero attached hydrogens (tertiary/aromatic N) is 1. The third-order valence-electron chi connectivity index (χ3n) is 5.49. The van der Waals surface area contributed by atoms with E-state index < -0.39 is 5.41 Å².